The number of hydrogen-bond donors (Lipinski definition) is 1. The molecule has 19 heavy (non-hydrogen) atoms. The first-order chi connectivity index (χ1) is 9.11. The molecule has 2 rings (SSSR count). The van der Waals surface area contributed by atoms with Crippen molar-refractivity contribution in [2.75, 3.05) is 18.0 Å². The maximum absolute atomic E-state index is 6.04. The molecule has 106 valence electrons. The molecule has 2 unspecified atom stereocenters. The maximum atomic E-state index is 6.04. The Morgan fingerprint density at radius 1 is 1.47 bits per heavy atom. The van der Waals surface area contributed by atoms with E-state index < -0.39 is 0 Å². The van der Waals surface area contributed by atoms with Gasteiger partial charge < -0.3 is 10.2 Å². The molecule has 0 aromatic heterocycles. The topological polar surface area (TPSA) is 15.3 Å². The number of anilines is 1. The molecule has 0 spiro atoms. The summed E-state index contributed by atoms with van der Waals surface area (Å²) in [6.45, 7) is 6.81. The third-order valence-electron chi connectivity index (χ3n) is 3.78. The summed E-state index contributed by atoms with van der Waals surface area (Å²) in [7, 11) is 0. The van der Waals surface area contributed by atoms with Crippen LogP contribution in [-0.4, -0.2) is 25.2 Å². The van der Waals surface area contributed by atoms with Crippen LogP contribution in [-0.2, 0) is 0 Å². The normalized spacial score (nSPS) is 23.7. The van der Waals surface area contributed by atoms with Gasteiger partial charge in [0, 0.05) is 27.2 Å². The van der Waals surface area contributed by atoms with E-state index in [1.54, 1.807) is 0 Å². The lowest BCUT2D eigenvalue weighted by Gasteiger charge is -2.40. The van der Waals surface area contributed by atoms with Crippen LogP contribution in [0.3, 0.4) is 0 Å². The zero-order valence-corrected chi connectivity index (χ0v) is 14.5. The number of piperidine rings is 1. The van der Waals surface area contributed by atoms with Gasteiger partial charge >= 0.3 is 0 Å². The van der Waals surface area contributed by atoms with Crippen molar-refractivity contribution in [1.29, 1.82) is 0 Å². The highest BCUT2D eigenvalue weighted by atomic mass is 127. The summed E-state index contributed by atoms with van der Waals surface area (Å²) in [5.41, 5.74) is 1.33. The van der Waals surface area contributed by atoms with Crippen molar-refractivity contribution < 1.29 is 0 Å². The Morgan fingerprint density at radius 2 is 2.26 bits per heavy atom. The van der Waals surface area contributed by atoms with Crippen molar-refractivity contribution in [3.05, 3.63) is 26.8 Å². The number of hydrogen-bond acceptors (Lipinski definition) is 2. The van der Waals surface area contributed by atoms with Gasteiger partial charge in [-0.25, -0.2) is 0 Å². The van der Waals surface area contributed by atoms with Gasteiger partial charge in [0.25, 0.3) is 0 Å². The molecule has 0 bridgehead atoms. The highest BCUT2D eigenvalue weighted by Gasteiger charge is 2.26. The van der Waals surface area contributed by atoms with Crippen molar-refractivity contribution in [3.8, 4) is 0 Å². The van der Waals surface area contributed by atoms with Crippen LogP contribution < -0.4 is 10.2 Å². The van der Waals surface area contributed by atoms with Crippen molar-refractivity contribution in [2.24, 2.45) is 0 Å². The minimum absolute atomic E-state index is 0.581. The van der Waals surface area contributed by atoms with E-state index in [9.17, 15) is 0 Å². The van der Waals surface area contributed by atoms with Crippen molar-refractivity contribution >= 4 is 39.9 Å². The molecule has 1 aromatic rings. The molecule has 1 aliphatic heterocycles. The summed E-state index contributed by atoms with van der Waals surface area (Å²) in [6, 6.07) is 7.45. The standard InChI is InChI=1S/C15H22ClIN2/c1-3-7-18-13-6-8-19(11(2)9-13)15-5-4-12(16)10-14(15)17/h4-5,10-11,13,18H,3,6-9H2,1-2H3. The van der Waals surface area contributed by atoms with Crippen LogP contribution >= 0.6 is 34.2 Å². The van der Waals surface area contributed by atoms with E-state index in [0.29, 0.717) is 12.1 Å². The molecule has 2 nitrogen and oxygen atoms in total. The van der Waals surface area contributed by atoms with Gasteiger partial charge in [-0.05, 0) is 73.5 Å². The Kier molecular flexibility index (Phi) is 5.78. The summed E-state index contributed by atoms with van der Waals surface area (Å²) in [5, 5.41) is 4.47. The summed E-state index contributed by atoms with van der Waals surface area (Å²) in [5.74, 6) is 0. The predicted octanol–water partition coefficient (Wildman–Crippen LogP) is 4.30. The molecule has 0 radical (unpaired) electrons. The van der Waals surface area contributed by atoms with Crippen molar-refractivity contribution in [1.82, 2.24) is 5.32 Å². The van der Waals surface area contributed by atoms with E-state index in [-0.39, 0.29) is 0 Å². The molecular weight excluding hydrogens is 371 g/mol. The average Bonchev–Trinajstić information content (AvgIpc) is 2.37. The summed E-state index contributed by atoms with van der Waals surface area (Å²) >= 11 is 8.42. The Labute approximate surface area is 135 Å². The molecular formula is C15H22ClIN2. The summed E-state index contributed by atoms with van der Waals surface area (Å²) in [6.07, 6.45) is 3.66. The van der Waals surface area contributed by atoms with Gasteiger partial charge in [0.1, 0.15) is 0 Å². The van der Waals surface area contributed by atoms with Gasteiger partial charge in [-0.15, -0.1) is 0 Å². The Bertz CT molecular complexity index is 425. The quantitative estimate of drug-likeness (QED) is 0.769. The van der Waals surface area contributed by atoms with E-state index in [2.05, 4.69) is 52.7 Å². The van der Waals surface area contributed by atoms with Gasteiger partial charge in [0.15, 0.2) is 0 Å². The van der Waals surface area contributed by atoms with Gasteiger partial charge in [0.05, 0.1) is 5.69 Å². The van der Waals surface area contributed by atoms with Crippen LogP contribution in [0, 0.1) is 3.57 Å². The Morgan fingerprint density at radius 3 is 2.89 bits per heavy atom. The molecule has 0 amide bonds. The monoisotopic (exact) mass is 392 g/mol. The highest BCUT2D eigenvalue weighted by Crippen LogP contribution is 2.30. The second-order valence-electron chi connectivity index (χ2n) is 5.31. The number of halogens is 2. The molecule has 1 N–H and O–H groups in total. The molecule has 2 atom stereocenters. The molecule has 1 saturated heterocycles. The second-order valence-corrected chi connectivity index (χ2v) is 6.91. The fourth-order valence-electron chi connectivity index (χ4n) is 2.78. The number of rotatable bonds is 4. The van der Waals surface area contributed by atoms with Crippen LogP contribution in [0.25, 0.3) is 0 Å². The highest BCUT2D eigenvalue weighted by molar-refractivity contribution is 14.1. The van der Waals surface area contributed by atoms with E-state index in [1.807, 2.05) is 12.1 Å². The zero-order chi connectivity index (χ0) is 13.8. The molecule has 1 heterocycles. The number of benzene rings is 1. The molecule has 0 saturated carbocycles. The minimum Gasteiger partial charge on any atom is -0.368 e. The zero-order valence-electron chi connectivity index (χ0n) is 11.6. The first-order valence-corrected chi connectivity index (χ1v) is 8.52. The van der Waals surface area contributed by atoms with Crippen LogP contribution in [0.1, 0.15) is 33.1 Å². The summed E-state index contributed by atoms with van der Waals surface area (Å²) in [4.78, 5) is 2.52. The van der Waals surface area contributed by atoms with Crippen LogP contribution in [0.5, 0.6) is 0 Å². The molecule has 0 aliphatic carbocycles. The van der Waals surface area contributed by atoms with Crippen LogP contribution in [0.15, 0.2) is 18.2 Å². The van der Waals surface area contributed by atoms with E-state index in [4.69, 9.17) is 11.6 Å². The fraction of sp³-hybridized carbons (Fsp3) is 0.600. The third kappa shape index (κ3) is 3.99. The lowest BCUT2D eigenvalue weighted by Crippen LogP contribution is -2.48. The van der Waals surface area contributed by atoms with Gasteiger partial charge in [-0.1, -0.05) is 18.5 Å². The maximum Gasteiger partial charge on any atom is 0.0505 e. The SMILES string of the molecule is CCCNC1CCN(c2ccc(Cl)cc2I)C(C)C1. The molecule has 4 heteroatoms. The van der Waals surface area contributed by atoms with Gasteiger partial charge in [0.2, 0.25) is 0 Å². The smallest absolute Gasteiger partial charge is 0.0505 e. The third-order valence-corrected chi connectivity index (χ3v) is 4.88. The average molecular weight is 393 g/mol. The van der Waals surface area contributed by atoms with Crippen LogP contribution in [0.4, 0.5) is 5.69 Å². The Hall–Kier alpha value is -0.000000000000000111. The van der Waals surface area contributed by atoms with E-state index in [1.165, 1.54) is 28.5 Å². The predicted molar refractivity (Wildman–Crippen MR) is 92.3 cm³/mol. The Balaban J connectivity index is 2.03. The van der Waals surface area contributed by atoms with E-state index >= 15 is 0 Å². The van der Waals surface area contributed by atoms with E-state index in [0.717, 1.165) is 18.1 Å². The number of nitrogens with zero attached hydrogens (tertiary/aromatic N) is 1. The van der Waals surface area contributed by atoms with Crippen molar-refractivity contribution in [2.45, 2.75) is 45.2 Å². The first kappa shape index (κ1) is 15.4. The van der Waals surface area contributed by atoms with Crippen LogP contribution in [0.2, 0.25) is 5.02 Å². The van der Waals surface area contributed by atoms with Gasteiger partial charge in [-0.3, -0.25) is 0 Å². The molecule has 1 fully saturated rings. The van der Waals surface area contributed by atoms with Gasteiger partial charge in [-0.2, -0.15) is 0 Å². The second kappa shape index (κ2) is 7.14. The summed E-state index contributed by atoms with van der Waals surface area (Å²) < 4.78 is 1.25. The minimum atomic E-state index is 0.581. The fourth-order valence-corrected chi connectivity index (χ4v) is 3.96. The van der Waals surface area contributed by atoms with Crippen molar-refractivity contribution in [3.63, 3.8) is 0 Å². The first-order valence-electron chi connectivity index (χ1n) is 7.07. The molecule has 1 aromatic carbocycles. The lowest BCUT2D eigenvalue weighted by atomic mass is 9.97. The number of nitrogens with one attached hydrogen (secondary N) is 1. The molecule has 1 aliphatic rings. The lowest BCUT2D eigenvalue weighted by molar-refractivity contribution is 0.368. The largest absolute Gasteiger partial charge is 0.368 e.